The molecule has 0 radical (unpaired) electrons. The zero-order valence-electron chi connectivity index (χ0n) is 11.3. The van der Waals surface area contributed by atoms with Gasteiger partial charge in [-0.15, -0.1) is 0 Å². The van der Waals surface area contributed by atoms with Crippen LogP contribution in [-0.2, 0) is 9.53 Å². The Kier molecular flexibility index (Phi) is 3.19. The molecule has 2 aromatic rings. The Morgan fingerprint density at radius 1 is 1.40 bits per heavy atom. The number of nitrogens with two attached hydrogens (primary N) is 1. The van der Waals surface area contributed by atoms with Crippen LogP contribution < -0.4 is 11.1 Å². The van der Waals surface area contributed by atoms with Gasteiger partial charge in [-0.05, 0) is 31.0 Å². The van der Waals surface area contributed by atoms with Crippen LogP contribution in [0.1, 0.15) is 18.7 Å². The normalized spacial score (nSPS) is 18.1. The van der Waals surface area contributed by atoms with E-state index >= 15 is 0 Å². The smallest absolute Gasteiger partial charge is 0.244 e. The number of hydrogen-bond donors (Lipinski definition) is 2. The van der Waals surface area contributed by atoms with Gasteiger partial charge in [0.1, 0.15) is 11.1 Å². The van der Waals surface area contributed by atoms with Gasteiger partial charge in [-0.1, -0.05) is 0 Å². The summed E-state index contributed by atoms with van der Waals surface area (Å²) in [5, 5.41) is 2.85. The van der Waals surface area contributed by atoms with E-state index in [9.17, 15) is 4.79 Å². The predicted octanol–water partition coefficient (Wildman–Crippen LogP) is 1.58. The number of rotatable bonds is 2. The lowest BCUT2D eigenvalue weighted by Crippen LogP contribution is -2.54. The first-order valence-corrected chi connectivity index (χ1v) is 6.62. The zero-order chi connectivity index (χ0) is 14.2. The quantitative estimate of drug-likeness (QED) is 0.868. The van der Waals surface area contributed by atoms with Gasteiger partial charge >= 0.3 is 0 Å². The number of fused-ring (bicyclic) bond motifs is 1. The highest BCUT2D eigenvalue weighted by Crippen LogP contribution is 2.23. The molecule has 1 saturated heterocycles. The molecule has 1 aliphatic heterocycles. The van der Waals surface area contributed by atoms with E-state index < -0.39 is 5.54 Å². The molecule has 1 fully saturated rings. The molecule has 6 heteroatoms. The molecule has 0 bridgehead atoms. The summed E-state index contributed by atoms with van der Waals surface area (Å²) in [6.07, 6.45) is 1.06. The van der Waals surface area contributed by atoms with Gasteiger partial charge in [0.2, 0.25) is 5.91 Å². The Bertz CT molecular complexity index is 644. The average Bonchev–Trinajstić information content (AvgIpc) is 2.79. The van der Waals surface area contributed by atoms with Crippen LogP contribution in [0.3, 0.4) is 0 Å². The van der Waals surface area contributed by atoms with Crippen molar-refractivity contribution in [1.29, 1.82) is 0 Å². The summed E-state index contributed by atoms with van der Waals surface area (Å²) in [6.45, 7) is 2.83. The summed E-state index contributed by atoms with van der Waals surface area (Å²) in [7, 11) is 0. The minimum atomic E-state index is -0.854. The van der Waals surface area contributed by atoms with Gasteiger partial charge in [-0.2, -0.15) is 0 Å². The van der Waals surface area contributed by atoms with Gasteiger partial charge in [0.05, 0.1) is 0 Å². The molecule has 1 aromatic heterocycles. The van der Waals surface area contributed by atoms with Crippen molar-refractivity contribution in [1.82, 2.24) is 4.98 Å². The van der Waals surface area contributed by atoms with Gasteiger partial charge in [0.15, 0.2) is 11.5 Å². The highest BCUT2D eigenvalue weighted by Gasteiger charge is 2.35. The number of ether oxygens (including phenoxy) is 1. The second-order valence-electron chi connectivity index (χ2n) is 5.14. The van der Waals surface area contributed by atoms with Crippen molar-refractivity contribution < 1.29 is 13.9 Å². The van der Waals surface area contributed by atoms with Gasteiger partial charge in [-0.25, -0.2) is 4.98 Å². The first-order chi connectivity index (χ1) is 9.57. The van der Waals surface area contributed by atoms with Crippen molar-refractivity contribution in [3.05, 3.63) is 24.1 Å². The van der Waals surface area contributed by atoms with Gasteiger partial charge in [-0.3, -0.25) is 4.79 Å². The van der Waals surface area contributed by atoms with Crippen molar-refractivity contribution >= 4 is 22.7 Å². The van der Waals surface area contributed by atoms with Crippen LogP contribution in [0.25, 0.3) is 11.1 Å². The van der Waals surface area contributed by atoms with E-state index in [2.05, 4.69) is 10.3 Å². The number of aryl methyl sites for hydroxylation is 1. The first kappa shape index (κ1) is 13.1. The zero-order valence-corrected chi connectivity index (χ0v) is 11.3. The van der Waals surface area contributed by atoms with E-state index in [-0.39, 0.29) is 5.91 Å². The number of oxazole rings is 1. The lowest BCUT2D eigenvalue weighted by atomic mass is 9.90. The third-order valence-electron chi connectivity index (χ3n) is 3.59. The number of anilines is 1. The van der Waals surface area contributed by atoms with E-state index in [0.29, 0.717) is 43.2 Å². The van der Waals surface area contributed by atoms with Crippen LogP contribution in [0.15, 0.2) is 22.6 Å². The maximum Gasteiger partial charge on any atom is 0.244 e. The molecule has 0 aliphatic carbocycles. The molecule has 0 spiro atoms. The molecule has 3 N–H and O–H groups in total. The Hall–Kier alpha value is -1.92. The summed E-state index contributed by atoms with van der Waals surface area (Å²) in [6, 6.07) is 5.36. The van der Waals surface area contributed by atoms with E-state index in [1.165, 1.54) is 0 Å². The van der Waals surface area contributed by atoms with Gasteiger partial charge < -0.3 is 20.2 Å². The third kappa shape index (κ3) is 2.39. The third-order valence-corrected chi connectivity index (χ3v) is 3.59. The molecule has 1 amide bonds. The molecule has 1 aliphatic rings. The van der Waals surface area contributed by atoms with E-state index in [1.807, 2.05) is 0 Å². The second-order valence-corrected chi connectivity index (χ2v) is 5.14. The Morgan fingerprint density at radius 3 is 2.90 bits per heavy atom. The first-order valence-electron chi connectivity index (χ1n) is 6.62. The molecule has 0 atom stereocenters. The maximum absolute atomic E-state index is 12.3. The van der Waals surface area contributed by atoms with Crippen LogP contribution in [0.5, 0.6) is 0 Å². The van der Waals surface area contributed by atoms with Crippen LogP contribution >= 0.6 is 0 Å². The maximum atomic E-state index is 12.3. The molecule has 6 nitrogen and oxygen atoms in total. The molecule has 106 valence electrons. The summed E-state index contributed by atoms with van der Waals surface area (Å²) >= 11 is 0. The van der Waals surface area contributed by atoms with E-state index in [1.54, 1.807) is 25.1 Å². The van der Waals surface area contributed by atoms with Crippen molar-refractivity contribution in [2.24, 2.45) is 5.73 Å². The van der Waals surface area contributed by atoms with Crippen LogP contribution in [0, 0.1) is 6.92 Å². The standard InChI is InChI=1S/C14H17N3O3/c1-9-16-11-8-10(2-3-12(11)20-9)17-13(18)14(15)4-6-19-7-5-14/h2-3,8H,4-7,15H2,1H3,(H,17,18). The monoisotopic (exact) mass is 275 g/mol. The highest BCUT2D eigenvalue weighted by molar-refractivity contribution is 5.99. The number of nitrogens with one attached hydrogen (secondary N) is 1. The van der Waals surface area contributed by atoms with Crippen LogP contribution in [0.4, 0.5) is 5.69 Å². The fourth-order valence-corrected chi connectivity index (χ4v) is 2.34. The number of amides is 1. The van der Waals surface area contributed by atoms with E-state index in [0.717, 1.165) is 5.52 Å². The topological polar surface area (TPSA) is 90.4 Å². The summed E-state index contributed by atoms with van der Waals surface area (Å²) < 4.78 is 10.6. The summed E-state index contributed by atoms with van der Waals surface area (Å²) in [4.78, 5) is 16.5. The van der Waals surface area contributed by atoms with Crippen molar-refractivity contribution in [3.63, 3.8) is 0 Å². The molecule has 0 unspecified atom stereocenters. The predicted molar refractivity (Wildman–Crippen MR) is 74.3 cm³/mol. The van der Waals surface area contributed by atoms with Crippen molar-refractivity contribution in [2.45, 2.75) is 25.3 Å². The lowest BCUT2D eigenvalue weighted by Gasteiger charge is -2.31. The molecular formula is C14H17N3O3. The summed E-state index contributed by atoms with van der Waals surface area (Å²) in [5.74, 6) is 0.420. The fourth-order valence-electron chi connectivity index (χ4n) is 2.34. The van der Waals surface area contributed by atoms with E-state index in [4.69, 9.17) is 14.9 Å². The molecule has 3 rings (SSSR count). The molecule has 1 aromatic carbocycles. The Balaban J connectivity index is 1.79. The number of carbonyl (C=O) groups excluding carboxylic acids is 1. The molecular weight excluding hydrogens is 258 g/mol. The average molecular weight is 275 g/mol. The second kappa shape index (κ2) is 4.88. The molecule has 20 heavy (non-hydrogen) atoms. The molecule has 2 heterocycles. The highest BCUT2D eigenvalue weighted by atomic mass is 16.5. The molecule has 0 saturated carbocycles. The summed E-state index contributed by atoms with van der Waals surface area (Å²) in [5.41, 5.74) is 7.38. The number of aromatic nitrogens is 1. The Morgan fingerprint density at radius 2 is 2.15 bits per heavy atom. The largest absolute Gasteiger partial charge is 0.441 e. The van der Waals surface area contributed by atoms with Crippen molar-refractivity contribution in [2.75, 3.05) is 18.5 Å². The van der Waals surface area contributed by atoms with Gasteiger partial charge in [0, 0.05) is 25.8 Å². The number of hydrogen-bond acceptors (Lipinski definition) is 5. The van der Waals surface area contributed by atoms with Gasteiger partial charge in [0.25, 0.3) is 0 Å². The Labute approximate surface area is 116 Å². The van der Waals surface area contributed by atoms with Crippen molar-refractivity contribution in [3.8, 4) is 0 Å². The lowest BCUT2D eigenvalue weighted by molar-refractivity contribution is -0.124. The van der Waals surface area contributed by atoms with Crippen LogP contribution in [-0.4, -0.2) is 29.6 Å². The van der Waals surface area contributed by atoms with Crippen LogP contribution in [0.2, 0.25) is 0 Å². The fraction of sp³-hybridized carbons (Fsp3) is 0.429. The SMILES string of the molecule is Cc1nc2cc(NC(=O)C3(N)CCOCC3)ccc2o1. The minimum absolute atomic E-state index is 0.180. The number of carbonyl (C=O) groups is 1. The number of benzene rings is 1. The number of nitrogens with zero attached hydrogens (tertiary/aromatic N) is 1. The minimum Gasteiger partial charge on any atom is -0.441 e.